The second-order valence-electron chi connectivity index (χ2n) is 7.47. The van der Waals surface area contributed by atoms with Gasteiger partial charge in [-0.05, 0) is 44.5 Å². The number of pyridine rings is 1. The summed E-state index contributed by atoms with van der Waals surface area (Å²) >= 11 is 0. The number of hydrogen-bond donors (Lipinski definition) is 1. The summed E-state index contributed by atoms with van der Waals surface area (Å²) in [5.74, 6) is 0.108. The topological polar surface area (TPSA) is 102 Å². The monoisotopic (exact) mass is 434 g/mol. The Labute approximate surface area is 187 Å². The van der Waals surface area contributed by atoms with Crippen LogP contribution in [0.4, 0.5) is 0 Å². The molecule has 0 radical (unpaired) electrons. The molecule has 0 saturated heterocycles. The fraction of sp³-hybridized carbons (Fsp3) is 0.320. The molecule has 0 amide bonds. The van der Waals surface area contributed by atoms with E-state index in [4.69, 9.17) is 14.2 Å². The minimum Gasteiger partial charge on any atom is -0.490 e. The maximum atomic E-state index is 11.5. The molecule has 7 nitrogen and oxygen atoms in total. The summed E-state index contributed by atoms with van der Waals surface area (Å²) in [5, 5.41) is 19.6. The Morgan fingerprint density at radius 2 is 1.94 bits per heavy atom. The largest absolute Gasteiger partial charge is 0.490 e. The molecular weight excluding hydrogens is 408 g/mol. The molecule has 166 valence electrons. The maximum Gasteiger partial charge on any atom is 0.333 e. The van der Waals surface area contributed by atoms with Gasteiger partial charge in [-0.15, -0.1) is 0 Å². The van der Waals surface area contributed by atoms with Crippen LogP contribution in [0.3, 0.4) is 0 Å². The molecule has 3 aromatic rings. The van der Waals surface area contributed by atoms with Gasteiger partial charge in [-0.3, -0.25) is 4.98 Å². The van der Waals surface area contributed by atoms with E-state index in [2.05, 4.69) is 11.1 Å². The molecule has 0 bridgehead atoms. The third-order valence-corrected chi connectivity index (χ3v) is 4.80. The summed E-state index contributed by atoms with van der Waals surface area (Å²) in [6.45, 7) is 6.05. The first-order valence-electron chi connectivity index (χ1n) is 10.5. The zero-order valence-electron chi connectivity index (χ0n) is 18.4. The third kappa shape index (κ3) is 5.34. The predicted molar refractivity (Wildman–Crippen MR) is 120 cm³/mol. The number of aliphatic carboxylic acids is 1. The lowest BCUT2D eigenvalue weighted by atomic mass is 10.1. The highest BCUT2D eigenvalue weighted by molar-refractivity contribution is 5.91. The zero-order chi connectivity index (χ0) is 23.1. The van der Waals surface area contributed by atoms with E-state index in [9.17, 15) is 15.2 Å². The number of fused-ring (bicyclic) bond motifs is 1. The van der Waals surface area contributed by atoms with Crippen LogP contribution in [0.15, 0.2) is 48.7 Å². The smallest absolute Gasteiger partial charge is 0.333 e. The highest BCUT2D eigenvalue weighted by atomic mass is 16.5. The van der Waals surface area contributed by atoms with Gasteiger partial charge in [0.25, 0.3) is 0 Å². The Balaban J connectivity index is 1.93. The molecule has 0 aliphatic heterocycles. The van der Waals surface area contributed by atoms with Gasteiger partial charge < -0.3 is 19.3 Å². The van der Waals surface area contributed by atoms with Crippen molar-refractivity contribution < 1.29 is 24.1 Å². The molecule has 1 aromatic heterocycles. The van der Waals surface area contributed by atoms with E-state index in [1.807, 2.05) is 38.1 Å². The summed E-state index contributed by atoms with van der Waals surface area (Å²) in [4.78, 5) is 16.0. The summed E-state index contributed by atoms with van der Waals surface area (Å²) in [6, 6.07) is 14.8. The first-order valence-corrected chi connectivity index (χ1v) is 10.5. The number of carbonyl (C=O) groups is 1. The van der Waals surface area contributed by atoms with Crippen molar-refractivity contribution in [2.75, 3.05) is 6.61 Å². The first-order chi connectivity index (χ1) is 15.4. The van der Waals surface area contributed by atoms with Crippen LogP contribution in [0, 0.1) is 11.3 Å². The molecule has 0 fully saturated rings. The van der Waals surface area contributed by atoms with Crippen molar-refractivity contribution in [3.05, 3.63) is 65.4 Å². The SMILES string of the molecule is CCOC(Cc1ccccc1OCc1cnc2cccc(C#N)c2c1OC(C)C)C(=O)O. The van der Waals surface area contributed by atoms with Crippen LogP contribution in [-0.2, 0) is 22.6 Å². The molecule has 32 heavy (non-hydrogen) atoms. The molecular formula is C25H26N2O5. The van der Waals surface area contributed by atoms with Crippen LogP contribution in [0.1, 0.15) is 37.5 Å². The molecule has 0 aliphatic rings. The second-order valence-corrected chi connectivity index (χ2v) is 7.47. The minimum atomic E-state index is -1.02. The summed E-state index contributed by atoms with van der Waals surface area (Å²) in [5.41, 5.74) is 2.58. The highest BCUT2D eigenvalue weighted by Crippen LogP contribution is 2.33. The van der Waals surface area contributed by atoms with E-state index in [0.717, 1.165) is 5.56 Å². The maximum absolute atomic E-state index is 11.5. The van der Waals surface area contributed by atoms with E-state index < -0.39 is 12.1 Å². The van der Waals surface area contributed by atoms with E-state index in [-0.39, 0.29) is 19.1 Å². The van der Waals surface area contributed by atoms with Crippen molar-refractivity contribution in [3.8, 4) is 17.6 Å². The van der Waals surface area contributed by atoms with Crippen molar-refractivity contribution in [3.63, 3.8) is 0 Å². The number of nitriles is 1. The van der Waals surface area contributed by atoms with Crippen LogP contribution in [0.5, 0.6) is 11.5 Å². The van der Waals surface area contributed by atoms with Gasteiger partial charge in [0.05, 0.1) is 34.2 Å². The average Bonchev–Trinajstić information content (AvgIpc) is 2.78. The average molecular weight is 434 g/mol. The van der Waals surface area contributed by atoms with Crippen molar-refractivity contribution in [1.82, 2.24) is 4.98 Å². The fourth-order valence-corrected chi connectivity index (χ4v) is 3.41. The number of para-hydroxylation sites is 1. The van der Waals surface area contributed by atoms with Crippen molar-refractivity contribution in [1.29, 1.82) is 5.26 Å². The van der Waals surface area contributed by atoms with Crippen molar-refractivity contribution in [2.24, 2.45) is 0 Å². The molecule has 1 heterocycles. The van der Waals surface area contributed by atoms with Gasteiger partial charge in [-0.2, -0.15) is 5.26 Å². The summed E-state index contributed by atoms with van der Waals surface area (Å²) in [7, 11) is 0. The molecule has 1 N–H and O–H groups in total. The number of ether oxygens (including phenoxy) is 3. The number of hydrogen-bond acceptors (Lipinski definition) is 6. The Morgan fingerprint density at radius 3 is 2.62 bits per heavy atom. The normalized spacial score (nSPS) is 11.8. The summed E-state index contributed by atoms with van der Waals surface area (Å²) < 4.78 is 17.5. The quantitative estimate of drug-likeness (QED) is 0.501. The van der Waals surface area contributed by atoms with Crippen LogP contribution in [0.25, 0.3) is 10.9 Å². The Kier molecular flexibility index (Phi) is 7.63. The standard InChI is InChI=1S/C25H26N2O5/c1-4-30-22(25(28)29)12-17-8-5-6-11-21(17)31-15-19-14-27-20-10-7-9-18(13-26)23(20)24(19)32-16(2)3/h5-11,14,16,22H,4,12,15H2,1-3H3,(H,28,29). The molecule has 3 rings (SSSR count). The van der Waals surface area contributed by atoms with Gasteiger partial charge in [0, 0.05) is 19.2 Å². The third-order valence-electron chi connectivity index (χ3n) is 4.80. The van der Waals surface area contributed by atoms with Crippen LogP contribution in [0.2, 0.25) is 0 Å². The van der Waals surface area contributed by atoms with Crippen LogP contribution < -0.4 is 9.47 Å². The van der Waals surface area contributed by atoms with E-state index in [0.29, 0.717) is 40.1 Å². The van der Waals surface area contributed by atoms with Gasteiger partial charge in [0.2, 0.25) is 0 Å². The summed E-state index contributed by atoms with van der Waals surface area (Å²) in [6.07, 6.45) is 0.804. The van der Waals surface area contributed by atoms with E-state index in [1.165, 1.54) is 0 Å². The fourth-order valence-electron chi connectivity index (χ4n) is 3.41. The molecule has 0 saturated carbocycles. The predicted octanol–water partition coefficient (Wildman–Crippen LogP) is 4.50. The Hall–Kier alpha value is -3.63. The highest BCUT2D eigenvalue weighted by Gasteiger charge is 2.21. The van der Waals surface area contributed by atoms with Gasteiger partial charge in [0.1, 0.15) is 18.1 Å². The second kappa shape index (κ2) is 10.6. The molecule has 7 heteroatoms. The minimum absolute atomic E-state index is 0.110. The first kappa shape index (κ1) is 23.0. The van der Waals surface area contributed by atoms with Crippen LogP contribution in [-0.4, -0.2) is 34.9 Å². The van der Waals surface area contributed by atoms with Gasteiger partial charge in [-0.25, -0.2) is 4.79 Å². The lowest BCUT2D eigenvalue weighted by molar-refractivity contribution is -0.149. The lowest BCUT2D eigenvalue weighted by Gasteiger charge is -2.19. The van der Waals surface area contributed by atoms with E-state index >= 15 is 0 Å². The van der Waals surface area contributed by atoms with Gasteiger partial charge >= 0.3 is 5.97 Å². The zero-order valence-corrected chi connectivity index (χ0v) is 18.4. The molecule has 0 spiro atoms. The van der Waals surface area contributed by atoms with Crippen molar-refractivity contribution >= 4 is 16.9 Å². The van der Waals surface area contributed by atoms with Crippen LogP contribution >= 0.6 is 0 Å². The van der Waals surface area contributed by atoms with E-state index in [1.54, 1.807) is 31.3 Å². The van der Waals surface area contributed by atoms with Crippen molar-refractivity contribution in [2.45, 2.75) is 46.0 Å². The number of aromatic nitrogens is 1. The molecule has 1 unspecified atom stereocenters. The number of carboxylic acids is 1. The molecule has 2 aromatic carbocycles. The Morgan fingerprint density at radius 1 is 1.16 bits per heavy atom. The number of nitrogens with zero attached hydrogens (tertiary/aromatic N) is 2. The van der Waals surface area contributed by atoms with Gasteiger partial charge in [0.15, 0.2) is 6.10 Å². The van der Waals surface area contributed by atoms with Gasteiger partial charge in [-0.1, -0.05) is 24.3 Å². The molecule has 0 aliphatic carbocycles. The number of carboxylic acid groups (broad SMARTS) is 1. The Bertz CT molecular complexity index is 1140. The number of rotatable bonds is 10. The molecule has 1 atom stereocenters. The lowest BCUT2D eigenvalue weighted by Crippen LogP contribution is -2.26. The number of benzene rings is 2.